The number of aryl methyl sites for hydroxylation is 1. The lowest BCUT2D eigenvalue weighted by Gasteiger charge is -2.24. The highest BCUT2D eigenvalue weighted by Crippen LogP contribution is 2.45. The lowest BCUT2D eigenvalue weighted by Crippen LogP contribution is -2.16. The number of phenolic OH excluding ortho intramolecular Hbond substituents is 2. The highest BCUT2D eigenvalue weighted by Gasteiger charge is 2.34. The van der Waals surface area contributed by atoms with Crippen molar-refractivity contribution >= 4 is 17.7 Å². The molecule has 0 bridgehead atoms. The Balaban J connectivity index is 1.70. The lowest BCUT2D eigenvalue weighted by molar-refractivity contribution is 0.403. The minimum Gasteiger partial charge on any atom is -0.504 e. The smallest absolute Gasteiger partial charge is 0.157 e. The third-order valence-corrected chi connectivity index (χ3v) is 6.75. The van der Waals surface area contributed by atoms with Crippen LogP contribution in [0.5, 0.6) is 11.5 Å². The Morgan fingerprint density at radius 1 is 0.966 bits per heavy atom. The molecule has 2 N–H and O–H groups in total. The van der Waals surface area contributed by atoms with Crippen LogP contribution in [0.25, 0.3) is 6.08 Å². The monoisotopic (exact) mass is 406 g/mol. The number of hydrogen-bond donors (Lipinski definition) is 2. The van der Waals surface area contributed by atoms with E-state index >= 15 is 0 Å². The van der Waals surface area contributed by atoms with E-state index in [4.69, 9.17) is 11.6 Å². The summed E-state index contributed by atoms with van der Waals surface area (Å²) in [5, 5.41) is 20.1. The fourth-order valence-corrected chi connectivity index (χ4v) is 4.76. The quantitative estimate of drug-likeness (QED) is 0.531. The number of benzene rings is 2. The first-order valence-electron chi connectivity index (χ1n) is 10.2. The third kappa shape index (κ3) is 3.74. The van der Waals surface area contributed by atoms with E-state index in [1.165, 1.54) is 33.9 Å². The zero-order valence-corrected chi connectivity index (χ0v) is 18.0. The molecule has 0 radical (unpaired) electrons. The van der Waals surface area contributed by atoms with E-state index in [0.29, 0.717) is 0 Å². The average Bonchev–Trinajstić information content (AvgIpc) is 2.92. The van der Waals surface area contributed by atoms with Gasteiger partial charge in [0.1, 0.15) is 0 Å². The number of allylic oxidation sites excluding steroid dienone is 5. The number of hydrogen-bond acceptors (Lipinski definition) is 2. The molecule has 29 heavy (non-hydrogen) atoms. The fourth-order valence-electron chi connectivity index (χ4n) is 4.46. The van der Waals surface area contributed by atoms with Crippen LogP contribution in [-0.4, -0.2) is 10.2 Å². The first-order chi connectivity index (χ1) is 13.8. The maximum absolute atomic E-state index is 9.77. The van der Waals surface area contributed by atoms with Crippen LogP contribution in [0.4, 0.5) is 0 Å². The van der Waals surface area contributed by atoms with Gasteiger partial charge in [-0.1, -0.05) is 73.0 Å². The predicted molar refractivity (Wildman–Crippen MR) is 120 cm³/mol. The standard InChI is InChI=1S/C26H27ClO2/c1-16-7-9-18-14-21(26(2,3)22(18)11-16)15-20-6-4-5-19(25(20)27)12-17-8-10-23(28)24(29)13-17/h7-13,15,28-29H,4-6,14H2,1-3H3/b19-12+,21-15-. The molecule has 0 saturated heterocycles. The number of fused-ring (bicyclic) bond motifs is 1. The Bertz CT molecular complexity index is 1070. The summed E-state index contributed by atoms with van der Waals surface area (Å²) >= 11 is 6.83. The molecule has 2 aromatic carbocycles. The van der Waals surface area contributed by atoms with Crippen molar-refractivity contribution in [2.24, 2.45) is 0 Å². The normalized spacial score (nSPS) is 21.1. The highest BCUT2D eigenvalue weighted by molar-refractivity contribution is 6.33. The van der Waals surface area contributed by atoms with Crippen LogP contribution in [0, 0.1) is 6.92 Å². The summed E-state index contributed by atoms with van der Waals surface area (Å²) in [4.78, 5) is 0. The Hall–Kier alpha value is -2.45. The summed E-state index contributed by atoms with van der Waals surface area (Å²) in [6.45, 7) is 6.76. The molecule has 2 aromatic rings. The van der Waals surface area contributed by atoms with E-state index in [1.807, 2.05) is 6.08 Å². The summed E-state index contributed by atoms with van der Waals surface area (Å²) in [7, 11) is 0. The van der Waals surface area contributed by atoms with E-state index < -0.39 is 0 Å². The van der Waals surface area contributed by atoms with E-state index in [1.54, 1.807) is 12.1 Å². The van der Waals surface area contributed by atoms with Crippen molar-refractivity contribution < 1.29 is 10.2 Å². The van der Waals surface area contributed by atoms with Crippen LogP contribution >= 0.6 is 11.6 Å². The molecular formula is C26H27ClO2. The predicted octanol–water partition coefficient (Wildman–Crippen LogP) is 6.93. The molecule has 0 fully saturated rings. The van der Waals surface area contributed by atoms with Crippen LogP contribution in [-0.2, 0) is 11.8 Å². The first kappa shape index (κ1) is 19.8. The van der Waals surface area contributed by atoms with Crippen LogP contribution in [0.2, 0.25) is 0 Å². The van der Waals surface area contributed by atoms with E-state index in [2.05, 4.69) is 45.0 Å². The van der Waals surface area contributed by atoms with E-state index in [9.17, 15) is 10.2 Å². The maximum atomic E-state index is 9.77. The molecule has 0 amide bonds. The van der Waals surface area contributed by atoms with E-state index in [0.717, 1.165) is 41.9 Å². The van der Waals surface area contributed by atoms with Gasteiger partial charge in [-0.3, -0.25) is 0 Å². The van der Waals surface area contributed by atoms with Gasteiger partial charge in [-0.15, -0.1) is 0 Å². The molecule has 150 valence electrons. The highest BCUT2D eigenvalue weighted by atomic mass is 35.5. The van der Waals surface area contributed by atoms with Crippen molar-refractivity contribution in [1.82, 2.24) is 0 Å². The second kappa shape index (κ2) is 7.42. The number of phenols is 2. The topological polar surface area (TPSA) is 40.5 Å². The van der Waals surface area contributed by atoms with Gasteiger partial charge in [-0.05, 0) is 72.6 Å². The Kier molecular flexibility index (Phi) is 5.08. The average molecular weight is 407 g/mol. The molecule has 0 heterocycles. The van der Waals surface area contributed by atoms with Gasteiger partial charge in [0.15, 0.2) is 11.5 Å². The largest absolute Gasteiger partial charge is 0.504 e. The molecule has 0 unspecified atom stereocenters. The molecule has 0 spiro atoms. The van der Waals surface area contributed by atoms with Gasteiger partial charge in [-0.2, -0.15) is 0 Å². The number of halogens is 1. The van der Waals surface area contributed by atoms with Crippen LogP contribution < -0.4 is 0 Å². The SMILES string of the molecule is Cc1ccc2c(c1)C(C)(C)/C(=C\C1=C(Cl)C(=C/c3ccc(O)c(O)c3)/CCC1)C2. The molecule has 2 nitrogen and oxygen atoms in total. The fraction of sp³-hybridized carbons (Fsp3) is 0.308. The van der Waals surface area contributed by atoms with Crippen LogP contribution in [0.15, 0.2) is 64.2 Å². The van der Waals surface area contributed by atoms with Gasteiger partial charge in [0.25, 0.3) is 0 Å². The van der Waals surface area contributed by atoms with Crippen molar-refractivity contribution in [2.45, 2.75) is 51.9 Å². The number of rotatable bonds is 2. The van der Waals surface area contributed by atoms with Gasteiger partial charge in [-0.25, -0.2) is 0 Å². The first-order valence-corrected chi connectivity index (χ1v) is 10.6. The Morgan fingerprint density at radius 2 is 1.76 bits per heavy atom. The van der Waals surface area contributed by atoms with Crippen LogP contribution in [0.1, 0.15) is 55.4 Å². The Labute approximate surface area is 177 Å². The summed E-state index contributed by atoms with van der Waals surface area (Å²) in [6.07, 6.45) is 8.25. The molecule has 2 aliphatic rings. The van der Waals surface area contributed by atoms with Crippen molar-refractivity contribution in [3.63, 3.8) is 0 Å². The summed E-state index contributed by atoms with van der Waals surface area (Å²) < 4.78 is 0. The zero-order valence-electron chi connectivity index (χ0n) is 17.2. The number of aromatic hydroxyl groups is 2. The zero-order chi connectivity index (χ0) is 20.8. The van der Waals surface area contributed by atoms with E-state index in [-0.39, 0.29) is 16.9 Å². The van der Waals surface area contributed by atoms with Gasteiger partial charge in [0.2, 0.25) is 0 Å². The van der Waals surface area contributed by atoms with Crippen LogP contribution in [0.3, 0.4) is 0 Å². The molecule has 0 aromatic heterocycles. The summed E-state index contributed by atoms with van der Waals surface area (Å²) in [6, 6.07) is 11.6. The molecular weight excluding hydrogens is 380 g/mol. The van der Waals surface area contributed by atoms with Crippen molar-refractivity contribution in [3.8, 4) is 11.5 Å². The van der Waals surface area contributed by atoms with Crippen molar-refractivity contribution in [3.05, 3.63) is 86.5 Å². The summed E-state index contributed by atoms with van der Waals surface area (Å²) in [5.74, 6) is -0.223. The second-order valence-corrected chi connectivity index (χ2v) is 9.12. The molecule has 0 aliphatic heterocycles. The van der Waals surface area contributed by atoms with Crippen molar-refractivity contribution in [2.75, 3.05) is 0 Å². The minimum absolute atomic E-state index is 0.00952. The van der Waals surface area contributed by atoms with Gasteiger partial charge in [0.05, 0.1) is 0 Å². The maximum Gasteiger partial charge on any atom is 0.157 e. The molecule has 3 heteroatoms. The third-order valence-electron chi connectivity index (χ3n) is 6.27. The lowest BCUT2D eigenvalue weighted by atomic mass is 9.80. The second-order valence-electron chi connectivity index (χ2n) is 8.74. The molecule has 0 saturated carbocycles. The van der Waals surface area contributed by atoms with Crippen molar-refractivity contribution in [1.29, 1.82) is 0 Å². The molecule has 2 aliphatic carbocycles. The Morgan fingerprint density at radius 3 is 2.52 bits per heavy atom. The minimum atomic E-state index is -0.113. The molecule has 0 atom stereocenters. The summed E-state index contributed by atoms with van der Waals surface area (Å²) in [5.41, 5.74) is 8.67. The molecule has 4 rings (SSSR count). The van der Waals surface area contributed by atoms with Gasteiger partial charge >= 0.3 is 0 Å². The van der Waals surface area contributed by atoms with Gasteiger partial charge in [0, 0.05) is 10.4 Å². The van der Waals surface area contributed by atoms with Gasteiger partial charge < -0.3 is 10.2 Å².